The number of carboxylic acid groups (broad SMARTS) is 1. The topological polar surface area (TPSA) is 86.9 Å². The largest absolute Gasteiger partial charge is 0.478 e. The Morgan fingerprint density at radius 1 is 1.19 bits per heavy atom. The van der Waals surface area contributed by atoms with E-state index < -0.39 is 5.97 Å². The van der Waals surface area contributed by atoms with Crippen LogP contribution in [0.2, 0.25) is 0 Å². The Morgan fingerprint density at radius 2 is 1.76 bits per heavy atom. The summed E-state index contributed by atoms with van der Waals surface area (Å²) in [4.78, 5) is 19.3. The van der Waals surface area contributed by atoms with Crippen molar-refractivity contribution < 1.29 is 9.90 Å². The van der Waals surface area contributed by atoms with Crippen molar-refractivity contribution in [2.45, 2.75) is 13.8 Å². The van der Waals surface area contributed by atoms with Crippen LogP contribution < -0.4 is 0 Å². The first kappa shape index (κ1) is 14.4. The van der Waals surface area contributed by atoms with Gasteiger partial charge in [0.15, 0.2) is 5.82 Å². The number of hydrogen-bond donors (Lipinski definition) is 1. The maximum absolute atomic E-state index is 10.8. The van der Waals surface area contributed by atoms with Gasteiger partial charge in [-0.15, -0.1) is 0 Å². The predicted octanol–water partition coefficient (Wildman–Crippen LogP) is 2.86. The van der Waals surface area contributed by atoms with Crippen LogP contribution >= 0.6 is 0 Å². The molecule has 1 aromatic heterocycles. The van der Waals surface area contributed by atoms with Crippen molar-refractivity contribution >= 4 is 17.6 Å². The number of benzene rings is 1. The third-order valence-electron chi connectivity index (χ3n) is 2.81. The zero-order valence-corrected chi connectivity index (χ0v) is 11.7. The number of aromatic carboxylic acids is 1. The van der Waals surface area contributed by atoms with E-state index in [1.807, 2.05) is 19.9 Å². The third kappa shape index (κ3) is 3.51. The first-order valence-corrected chi connectivity index (χ1v) is 6.27. The molecule has 2 aromatic rings. The Morgan fingerprint density at radius 3 is 2.24 bits per heavy atom. The smallest absolute Gasteiger partial charge is 0.335 e. The summed E-state index contributed by atoms with van der Waals surface area (Å²) in [5.41, 5.74) is 2.84. The molecule has 0 saturated heterocycles. The normalized spacial score (nSPS) is 11.0. The average Bonchev–Trinajstić information content (AvgIpc) is 2.44. The van der Waals surface area contributed by atoms with Gasteiger partial charge in [-0.2, -0.15) is 5.26 Å². The van der Waals surface area contributed by atoms with Gasteiger partial charge in [0.05, 0.1) is 11.1 Å². The second-order valence-electron chi connectivity index (χ2n) is 4.57. The van der Waals surface area contributed by atoms with Gasteiger partial charge in [0.1, 0.15) is 6.07 Å². The summed E-state index contributed by atoms with van der Waals surface area (Å²) in [6, 6.07) is 10.2. The molecule has 1 aromatic carbocycles. The van der Waals surface area contributed by atoms with E-state index in [2.05, 4.69) is 16.0 Å². The van der Waals surface area contributed by atoms with Gasteiger partial charge in [-0.05, 0) is 43.7 Å². The molecule has 0 aliphatic rings. The number of nitrogens with zero attached hydrogens (tertiary/aromatic N) is 3. The summed E-state index contributed by atoms with van der Waals surface area (Å²) in [5, 5.41) is 18.1. The highest BCUT2D eigenvalue weighted by atomic mass is 16.4. The lowest BCUT2D eigenvalue weighted by atomic mass is 10.1. The van der Waals surface area contributed by atoms with Crippen molar-refractivity contribution in [2.75, 3.05) is 0 Å². The van der Waals surface area contributed by atoms with E-state index in [0.29, 0.717) is 11.4 Å². The molecule has 1 heterocycles. The zero-order chi connectivity index (χ0) is 15.4. The predicted molar refractivity (Wildman–Crippen MR) is 78.4 cm³/mol. The number of rotatable bonds is 3. The van der Waals surface area contributed by atoms with Gasteiger partial charge in [-0.1, -0.05) is 12.1 Å². The zero-order valence-electron chi connectivity index (χ0n) is 11.7. The van der Waals surface area contributed by atoms with E-state index in [4.69, 9.17) is 5.11 Å². The lowest BCUT2D eigenvalue weighted by Crippen LogP contribution is -1.98. The molecule has 0 bridgehead atoms. The molecule has 5 nitrogen and oxygen atoms in total. The number of nitriles is 1. The molecule has 0 amide bonds. The van der Waals surface area contributed by atoms with Crippen LogP contribution in [0, 0.1) is 25.2 Å². The molecule has 0 fully saturated rings. The van der Waals surface area contributed by atoms with Crippen LogP contribution in [-0.2, 0) is 0 Å². The molecule has 0 spiro atoms. The summed E-state index contributed by atoms with van der Waals surface area (Å²) >= 11 is 0. The Hall–Kier alpha value is -3.00. The first-order valence-electron chi connectivity index (χ1n) is 6.27. The molecule has 0 radical (unpaired) electrons. The molecule has 5 heteroatoms. The van der Waals surface area contributed by atoms with Crippen LogP contribution in [-0.4, -0.2) is 21.0 Å². The molecule has 21 heavy (non-hydrogen) atoms. The number of aryl methyl sites for hydroxylation is 2. The standard InChI is InChI=1S/C16H13N3O2/c1-10-7-11(2)19-15(18-10)14(9-17)8-12-3-5-13(6-4-12)16(20)21/h3-8H,1-2H3,(H,20,21)/b14-8-. The minimum atomic E-state index is -0.983. The maximum atomic E-state index is 10.8. The molecule has 0 unspecified atom stereocenters. The molecule has 0 aliphatic heterocycles. The first-order chi connectivity index (χ1) is 9.99. The quantitative estimate of drug-likeness (QED) is 0.873. The number of carboxylic acids is 1. The van der Waals surface area contributed by atoms with E-state index in [1.54, 1.807) is 18.2 Å². The minimum Gasteiger partial charge on any atom is -0.478 e. The van der Waals surface area contributed by atoms with Gasteiger partial charge in [-0.25, -0.2) is 14.8 Å². The fourth-order valence-electron chi connectivity index (χ4n) is 1.88. The van der Waals surface area contributed by atoms with Gasteiger partial charge in [0, 0.05) is 11.4 Å². The Kier molecular flexibility index (Phi) is 4.10. The second kappa shape index (κ2) is 5.97. The Balaban J connectivity index is 2.41. The molecular formula is C16H13N3O2. The maximum Gasteiger partial charge on any atom is 0.335 e. The third-order valence-corrected chi connectivity index (χ3v) is 2.81. The summed E-state index contributed by atoms with van der Waals surface area (Å²) in [6.45, 7) is 3.68. The molecule has 104 valence electrons. The molecule has 0 saturated carbocycles. The van der Waals surface area contributed by atoms with E-state index >= 15 is 0 Å². The fraction of sp³-hybridized carbons (Fsp3) is 0.125. The van der Waals surface area contributed by atoms with Crippen molar-refractivity contribution in [1.82, 2.24) is 9.97 Å². The van der Waals surface area contributed by atoms with Crippen molar-refractivity contribution in [3.8, 4) is 6.07 Å². The minimum absolute atomic E-state index is 0.202. The van der Waals surface area contributed by atoms with Gasteiger partial charge in [0.25, 0.3) is 0 Å². The van der Waals surface area contributed by atoms with Crippen LogP contribution in [0.25, 0.3) is 11.6 Å². The van der Waals surface area contributed by atoms with Crippen molar-refractivity contribution in [2.24, 2.45) is 0 Å². The van der Waals surface area contributed by atoms with E-state index in [0.717, 1.165) is 17.0 Å². The molecule has 0 atom stereocenters. The molecule has 0 aliphatic carbocycles. The second-order valence-corrected chi connectivity index (χ2v) is 4.57. The lowest BCUT2D eigenvalue weighted by molar-refractivity contribution is 0.0697. The summed E-state index contributed by atoms with van der Waals surface area (Å²) in [7, 11) is 0. The van der Waals surface area contributed by atoms with Crippen LogP contribution in [0.15, 0.2) is 30.3 Å². The van der Waals surface area contributed by atoms with Gasteiger partial charge in [0.2, 0.25) is 0 Å². The van der Waals surface area contributed by atoms with E-state index in [9.17, 15) is 10.1 Å². The van der Waals surface area contributed by atoms with Crippen LogP contribution in [0.5, 0.6) is 0 Å². The van der Waals surface area contributed by atoms with E-state index in [1.165, 1.54) is 12.1 Å². The average molecular weight is 279 g/mol. The van der Waals surface area contributed by atoms with Crippen molar-refractivity contribution in [3.63, 3.8) is 0 Å². The summed E-state index contributed by atoms with van der Waals surface area (Å²) < 4.78 is 0. The Bertz CT molecular complexity index is 736. The SMILES string of the molecule is Cc1cc(C)nc(/C(C#N)=C\c2ccc(C(=O)O)cc2)n1. The van der Waals surface area contributed by atoms with Gasteiger partial charge < -0.3 is 5.11 Å². The van der Waals surface area contributed by atoms with Crippen molar-refractivity contribution in [3.05, 3.63) is 58.7 Å². The molecule has 2 rings (SSSR count). The van der Waals surface area contributed by atoms with E-state index in [-0.39, 0.29) is 5.56 Å². The van der Waals surface area contributed by atoms with Crippen molar-refractivity contribution in [1.29, 1.82) is 5.26 Å². The highest BCUT2D eigenvalue weighted by Gasteiger charge is 2.07. The number of aromatic nitrogens is 2. The van der Waals surface area contributed by atoms with Gasteiger partial charge >= 0.3 is 5.97 Å². The fourth-order valence-corrected chi connectivity index (χ4v) is 1.88. The van der Waals surface area contributed by atoms with Crippen LogP contribution in [0.1, 0.15) is 33.1 Å². The number of hydrogen-bond acceptors (Lipinski definition) is 4. The summed E-state index contributed by atoms with van der Waals surface area (Å²) in [6.07, 6.45) is 1.64. The lowest BCUT2D eigenvalue weighted by Gasteiger charge is -2.02. The number of carbonyl (C=O) groups is 1. The highest BCUT2D eigenvalue weighted by Crippen LogP contribution is 2.16. The molecular weight excluding hydrogens is 266 g/mol. The number of allylic oxidation sites excluding steroid dienone is 1. The monoisotopic (exact) mass is 279 g/mol. The van der Waals surface area contributed by atoms with Crippen LogP contribution in [0.4, 0.5) is 0 Å². The molecule has 1 N–H and O–H groups in total. The summed E-state index contributed by atoms with van der Waals surface area (Å²) in [5.74, 6) is -0.610. The Labute approximate surface area is 122 Å². The highest BCUT2D eigenvalue weighted by molar-refractivity contribution is 5.90. The van der Waals surface area contributed by atoms with Gasteiger partial charge in [-0.3, -0.25) is 0 Å². The van der Waals surface area contributed by atoms with Crippen LogP contribution in [0.3, 0.4) is 0 Å².